The minimum atomic E-state index is -0.269. The molecule has 2 heterocycles. The van der Waals surface area contributed by atoms with E-state index in [0.717, 1.165) is 44.3 Å². The number of amides is 1. The Morgan fingerprint density at radius 1 is 1.32 bits per heavy atom. The van der Waals surface area contributed by atoms with E-state index in [1.165, 1.54) is 12.8 Å². The molecular formula is C19H29N3O3. The fourth-order valence-electron chi connectivity index (χ4n) is 3.69. The number of carbonyl (C=O) groups excluding carboxylic acids is 1. The topological polar surface area (TPSA) is 74.6 Å². The van der Waals surface area contributed by atoms with Crippen molar-refractivity contribution in [3.05, 3.63) is 33.7 Å². The van der Waals surface area contributed by atoms with Gasteiger partial charge in [-0.15, -0.1) is 0 Å². The largest absolute Gasteiger partial charge is 0.395 e. The van der Waals surface area contributed by atoms with Crippen LogP contribution in [0.1, 0.15) is 60.5 Å². The van der Waals surface area contributed by atoms with E-state index < -0.39 is 0 Å². The van der Waals surface area contributed by atoms with Crippen LogP contribution in [0.3, 0.4) is 0 Å². The third-order valence-electron chi connectivity index (χ3n) is 5.36. The first-order valence-corrected chi connectivity index (χ1v) is 9.46. The maximum Gasteiger partial charge on any atom is 0.263 e. The second-order valence-corrected chi connectivity index (χ2v) is 7.29. The van der Waals surface area contributed by atoms with Crippen LogP contribution in [0.4, 0.5) is 0 Å². The van der Waals surface area contributed by atoms with Crippen LogP contribution >= 0.6 is 0 Å². The van der Waals surface area contributed by atoms with Crippen molar-refractivity contribution in [2.24, 2.45) is 0 Å². The number of hydrogen-bond donors (Lipinski definition) is 2. The minimum Gasteiger partial charge on any atom is -0.395 e. The quantitative estimate of drug-likeness (QED) is 0.732. The number of pyridine rings is 1. The molecule has 1 amide bonds. The van der Waals surface area contributed by atoms with Gasteiger partial charge in [0.25, 0.3) is 11.5 Å². The number of likely N-dealkylation sites (tertiary alicyclic amines) is 1. The molecule has 138 valence electrons. The molecule has 6 nitrogen and oxygen atoms in total. The van der Waals surface area contributed by atoms with Crippen LogP contribution in [0, 0.1) is 6.92 Å². The molecule has 0 bridgehead atoms. The normalized spacial score (nSPS) is 21.3. The Balaban J connectivity index is 1.53. The number of piperidine rings is 1. The molecule has 3 rings (SSSR count). The van der Waals surface area contributed by atoms with E-state index in [9.17, 15) is 14.7 Å². The number of aromatic nitrogens is 1. The van der Waals surface area contributed by atoms with Gasteiger partial charge in [0.05, 0.1) is 6.61 Å². The molecule has 2 fully saturated rings. The molecular weight excluding hydrogens is 318 g/mol. The van der Waals surface area contributed by atoms with Crippen molar-refractivity contribution in [2.75, 3.05) is 26.2 Å². The first-order chi connectivity index (χ1) is 12.1. The number of nitrogens with zero attached hydrogens (tertiary/aromatic N) is 2. The summed E-state index contributed by atoms with van der Waals surface area (Å²) in [6.45, 7) is 4.45. The first-order valence-electron chi connectivity index (χ1n) is 9.46. The molecule has 6 heteroatoms. The van der Waals surface area contributed by atoms with Crippen LogP contribution < -0.4 is 10.9 Å². The van der Waals surface area contributed by atoms with E-state index in [2.05, 4.69) is 10.2 Å². The summed E-state index contributed by atoms with van der Waals surface area (Å²) in [5, 5.41) is 12.3. The molecule has 1 saturated heterocycles. The molecule has 1 atom stereocenters. The van der Waals surface area contributed by atoms with Gasteiger partial charge < -0.3 is 15.0 Å². The van der Waals surface area contributed by atoms with Crippen molar-refractivity contribution in [2.45, 2.75) is 57.5 Å². The van der Waals surface area contributed by atoms with Crippen LogP contribution in [0.15, 0.2) is 17.1 Å². The predicted molar refractivity (Wildman–Crippen MR) is 97.0 cm³/mol. The van der Waals surface area contributed by atoms with Gasteiger partial charge in [0.15, 0.2) is 0 Å². The van der Waals surface area contributed by atoms with E-state index in [4.69, 9.17) is 0 Å². The summed E-state index contributed by atoms with van der Waals surface area (Å²) < 4.78 is 1.70. The average Bonchev–Trinajstić information content (AvgIpc) is 3.44. The second-order valence-electron chi connectivity index (χ2n) is 7.29. The van der Waals surface area contributed by atoms with Gasteiger partial charge in [-0.2, -0.15) is 0 Å². The lowest BCUT2D eigenvalue weighted by Crippen LogP contribution is -2.43. The minimum absolute atomic E-state index is 0.170. The Kier molecular flexibility index (Phi) is 5.91. The zero-order chi connectivity index (χ0) is 17.8. The number of aliphatic hydroxyl groups is 1. The van der Waals surface area contributed by atoms with E-state index in [0.29, 0.717) is 6.54 Å². The molecule has 1 aliphatic carbocycles. The second kappa shape index (κ2) is 8.15. The van der Waals surface area contributed by atoms with Crippen molar-refractivity contribution in [1.82, 2.24) is 14.8 Å². The number of aryl methyl sites for hydroxylation is 1. The van der Waals surface area contributed by atoms with Gasteiger partial charge in [0.1, 0.15) is 5.56 Å². The highest BCUT2D eigenvalue weighted by Gasteiger charge is 2.27. The van der Waals surface area contributed by atoms with Crippen molar-refractivity contribution in [1.29, 1.82) is 0 Å². The Labute approximate surface area is 148 Å². The van der Waals surface area contributed by atoms with Crippen molar-refractivity contribution >= 4 is 5.91 Å². The number of hydrogen-bond acceptors (Lipinski definition) is 4. The van der Waals surface area contributed by atoms with Crippen LogP contribution in [0.2, 0.25) is 0 Å². The smallest absolute Gasteiger partial charge is 0.263 e. The monoisotopic (exact) mass is 347 g/mol. The molecule has 25 heavy (non-hydrogen) atoms. The van der Waals surface area contributed by atoms with Crippen LogP contribution in [-0.4, -0.2) is 52.8 Å². The summed E-state index contributed by atoms with van der Waals surface area (Å²) in [6.07, 6.45) is 8.07. The summed E-state index contributed by atoms with van der Waals surface area (Å²) >= 11 is 0. The van der Waals surface area contributed by atoms with Crippen molar-refractivity contribution in [3.63, 3.8) is 0 Å². The highest BCUT2D eigenvalue weighted by Crippen LogP contribution is 2.33. The average molecular weight is 347 g/mol. The maximum atomic E-state index is 12.5. The number of aliphatic hydroxyl groups excluding tert-OH is 1. The molecule has 0 spiro atoms. The SMILES string of the molecule is Cc1ccn(C2CC2)c(=O)c1C(=O)NCCCN1CCCCC1CO. The summed E-state index contributed by atoms with van der Waals surface area (Å²) in [5.41, 5.74) is 0.841. The van der Waals surface area contributed by atoms with E-state index >= 15 is 0 Å². The van der Waals surface area contributed by atoms with Gasteiger partial charge >= 0.3 is 0 Å². The van der Waals surface area contributed by atoms with Crippen LogP contribution in [-0.2, 0) is 0 Å². The Hall–Kier alpha value is -1.66. The summed E-state index contributed by atoms with van der Waals surface area (Å²) in [7, 11) is 0. The third kappa shape index (κ3) is 4.30. The Bertz CT molecular complexity index is 666. The highest BCUT2D eigenvalue weighted by molar-refractivity contribution is 5.95. The van der Waals surface area contributed by atoms with E-state index in [1.807, 2.05) is 13.0 Å². The zero-order valence-corrected chi connectivity index (χ0v) is 15.0. The lowest BCUT2D eigenvalue weighted by atomic mass is 10.0. The molecule has 1 aromatic rings. The summed E-state index contributed by atoms with van der Waals surface area (Å²) in [5.74, 6) is -0.269. The molecule has 1 unspecified atom stereocenters. The maximum absolute atomic E-state index is 12.5. The van der Waals surface area contributed by atoms with E-state index in [-0.39, 0.29) is 35.7 Å². The molecule has 0 radical (unpaired) electrons. The fraction of sp³-hybridized carbons (Fsp3) is 0.684. The number of carbonyl (C=O) groups is 1. The lowest BCUT2D eigenvalue weighted by molar-refractivity contribution is 0.0867. The standard InChI is InChI=1S/C19H29N3O3/c1-14-8-12-22(15-6-7-15)19(25)17(14)18(24)20-9-4-11-21-10-3-2-5-16(21)13-23/h8,12,15-16,23H,2-7,9-11,13H2,1H3,(H,20,24). The molecule has 2 N–H and O–H groups in total. The van der Waals surface area contributed by atoms with Gasteiger partial charge in [-0.1, -0.05) is 6.42 Å². The van der Waals surface area contributed by atoms with E-state index in [1.54, 1.807) is 10.8 Å². The van der Waals surface area contributed by atoms with Gasteiger partial charge in [0.2, 0.25) is 0 Å². The predicted octanol–water partition coefficient (Wildman–Crippen LogP) is 1.46. The molecule has 1 aromatic heterocycles. The van der Waals surface area contributed by atoms with Crippen LogP contribution in [0.25, 0.3) is 0 Å². The lowest BCUT2D eigenvalue weighted by Gasteiger charge is -2.34. The van der Waals surface area contributed by atoms with Crippen molar-refractivity contribution in [3.8, 4) is 0 Å². The Morgan fingerprint density at radius 3 is 2.84 bits per heavy atom. The van der Waals surface area contributed by atoms with Gasteiger partial charge in [-0.25, -0.2) is 0 Å². The number of rotatable bonds is 7. The summed E-state index contributed by atoms with van der Waals surface area (Å²) in [6, 6.07) is 2.38. The highest BCUT2D eigenvalue weighted by atomic mass is 16.3. The first kappa shape index (κ1) is 18.1. The molecule has 0 aromatic carbocycles. The van der Waals surface area contributed by atoms with Gasteiger partial charge in [-0.05, 0) is 57.2 Å². The van der Waals surface area contributed by atoms with Gasteiger partial charge in [-0.3, -0.25) is 14.5 Å². The van der Waals surface area contributed by atoms with Gasteiger partial charge in [0, 0.05) is 31.4 Å². The third-order valence-corrected chi connectivity index (χ3v) is 5.36. The van der Waals surface area contributed by atoms with Crippen molar-refractivity contribution < 1.29 is 9.90 Å². The molecule has 1 saturated carbocycles. The molecule has 2 aliphatic rings. The summed E-state index contributed by atoms with van der Waals surface area (Å²) in [4.78, 5) is 27.3. The fourth-order valence-corrected chi connectivity index (χ4v) is 3.69. The molecule has 1 aliphatic heterocycles. The van der Waals surface area contributed by atoms with Crippen LogP contribution in [0.5, 0.6) is 0 Å². The number of nitrogens with one attached hydrogen (secondary N) is 1. The Morgan fingerprint density at radius 2 is 2.12 bits per heavy atom. The zero-order valence-electron chi connectivity index (χ0n) is 15.0.